The van der Waals surface area contributed by atoms with Gasteiger partial charge < -0.3 is 68.0 Å². The summed E-state index contributed by atoms with van der Waals surface area (Å²) in [7, 11) is 3.00. The third kappa shape index (κ3) is 8.12. The molecule has 348 valence electrons. The molecule has 66 heavy (non-hydrogen) atoms. The molecular formula is C44H47N7O15. The molecule has 6 heterocycles. The van der Waals surface area contributed by atoms with E-state index in [0.717, 1.165) is 16.5 Å². The number of carbonyl (C=O) groups is 3. The van der Waals surface area contributed by atoms with Crippen LogP contribution in [0.1, 0.15) is 53.8 Å². The number of furan rings is 1. The first-order valence-corrected chi connectivity index (χ1v) is 21.1. The maximum atomic E-state index is 13.7. The third-order valence-corrected chi connectivity index (χ3v) is 12.2. The second kappa shape index (κ2) is 18.2. The van der Waals surface area contributed by atoms with Gasteiger partial charge in [-0.05, 0) is 66.4 Å². The number of rotatable bonds is 13. The van der Waals surface area contributed by atoms with Gasteiger partial charge in [0.05, 0.1) is 47.6 Å². The van der Waals surface area contributed by atoms with Crippen LogP contribution < -0.4 is 15.0 Å². The number of azide groups is 1. The summed E-state index contributed by atoms with van der Waals surface area (Å²) in [6.07, 6.45) is -8.51. The lowest BCUT2D eigenvalue weighted by Gasteiger charge is -2.39. The molecule has 0 spiro atoms. The van der Waals surface area contributed by atoms with Gasteiger partial charge in [0.15, 0.2) is 5.60 Å². The van der Waals surface area contributed by atoms with Crippen LogP contribution in [-0.2, 0) is 57.3 Å². The van der Waals surface area contributed by atoms with Gasteiger partial charge in [-0.2, -0.15) is 0 Å². The van der Waals surface area contributed by atoms with Crippen molar-refractivity contribution in [1.82, 2.24) is 19.4 Å². The number of hydrogen-bond donors (Lipinski definition) is 5. The maximum absolute atomic E-state index is 13.7. The highest BCUT2D eigenvalue weighted by Gasteiger charge is 2.46. The SMILES string of the molecule is CCc1c2c(nc3ccc(OC(=O)N(C)CCN(C)C(=O)OCc4ccc(O[C@@H]5O[C@H](CO)[C@H](O)[C@H](O)[C@H]5O)c5cc(CN=[N+]=[N-])oc45)cc13)-c1cc3c(c(=O)n1C2)COC(=O)[C@@]3(O)CC. The lowest BCUT2D eigenvalue weighted by atomic mass is 9.86. The first-order chi connectivity index (χ1) is 31.6. The van der Waals surface area contributed by atoms with Crippen molar-refractivity contribution < 1.29 is 68.0 Å². The molecule has 5 aromatic rings. The molecule has 0 bridgehead atoms. The highest BCUT2D eigenvalue weighted by molar-refractivity contribution is 5.91. The Bertz CT molecular complexity index is 2860. The fourth-order valence-corrected chi connectivity index (χ4v) is 8.41. The Hall–Kier alpha value is -6.78. The predicted molar refractivity (Wildman–Crippen MR) is 229 cm³/mol. The van der Waals surface area contributed by atoms with Crippen molar-refractivity contribution in [3.05, 3.63) is 96.8 Å². The van der Waals surface area contributed by atoms with E-state index in [1.54, 1.807) is 35.8 Å². The molecule has 0 unspecified atom stereocenters. The van der Waals surface area contributed by atoms with E-state index in [-0.39, 0.29) is 85.3 Å². The van der Waals surface area contributed by atoms with E-state index in [1.807, 2.05) is 6.92 Å². The van der Waals surface area contributed by atoms with E-state index in [0.29, 0.717) is 34.3 Å². The van der Waals surface area contributed by atoms with Gasteiger partial charge >= 0.3 is 18.2 Å². The van der Waals surface area contributed by atoms with Crippen molar-refractivity contribution in [1.29, 1.82) is 0 Å². The molecule has 3 aromatic heterocycles. The number of cyclic esters (lactones) is 1. The summed E-state index contributed by atoms with van der Waals surface area (Å²) in [6.45, 7) is 2.59. The standard InChI is InChI=1S/C44H47N7O15/c1-5-24-25-13-22(8-9-30(25)47-34-27(24)17-51-31(34)15-29-28(39(51)56)20-61-41(57)44(29,60)6-2)64-43(59)50(4)12-11-49(3)42(58)62-19-21-7-10-32(26-14-23(16-46-48-45)63-38(21)26)65-40-37(55)36(54)35(53)33(18-52)66-40/h7-10,13-15,33,35-37,40,52-55,60H,5-6,11-12,16-20H2,1-4H3/t33-,35+,36+,37-,40-,44-/m1/s1. The second-order valence-electron chi connectivity index (χ2n) is 16.2. The number of aromatic nitrogens is 2. The van der Waals surface area contributed by atoms with Crippen LogP contribution in [0.25, 0.3) is 43.7 Å². The summed E-state index contributed by atoms with van der Waals surface area (Å²) >= 11 is 0. The summed E-state index contributed by atoms with van der Waals surface area (Å²) in [4.78, 5) is 62.9. The number of fused-ring (bicyclic) bond motifs is 6. The molecule has 6 atom stereocenters. The lowest BCUT2D eigenvalue weighted by Crippen LogP contribution is -2.60. The number of carbonyl (C=O) groups excluding carboxylic acids is 3. The molecule has 5 N–H and O–H groups in total. The van der Waals surface area contributed by atoms with Crippen LogP contribution >= 0.6 is 0 Å². The van der Waals surface area contributed by atoms with E-state index in [1.165, 1.54) is 42.1 Å². The smallest absolute Gasteiger partial charge is 0.415 e. The zero-order valence-electron chi connectivity index (χ0n) is 36.2. The maximum Gasteiger partial charge on any atom is 0.415 e. The van der Waals surface area contributed by atoms with Crippen LogP contribution in [0.15, 0.2) is 56.8 Å². The first kappa shape index (κ1) is 45.8. The van der Waals surface area contributed by atoms with Crippen molar-refractivity contribution in [2.75, 3.05) is 33.8 Å². The van der Waals surface area contributed by atoms with Crippen LogP contribution in [0.3, 0.4) is 0 Å². The molecule has 2 amide bonds. The number of aliphatic hydroxyl groups is 5. The molecule has 8 rings (SSSR count). The van der Waals surface area contributed by atoms with Gasteiger partial charge in [0.2, 0.25) is 6.29 Å². The third-order valence-electron chi connectivity index (χ3n) is 12.2. The van der Waals surface area contributed by atoms with Crippen LogP contribution in [-0.4, -0.2) is 128 Å². The van der Waals surface area contributed by atoms with Crippen LogP contribution in [0.4, 0.5) is 9.59 Å². The number of benzene rings is 2. The minimum atomic E-state index is -1.95. The second-order valence-corrected chi connectivity index (χ2v) is 16.2. The Labute approximate surface area is 374 Å². The summed E-state index contributed by atoms with van der Waals surface area (Å²) in [5, 5.41) is 56.3. The van der Waals surface area contributed by atoms with Crippen molar-refractivity contribution in [2.45, 2.75) is 89.3 Å². The summed E-state index contributed by atoms with van der Waals surface area (Å²) in [6, 6.07) is 11.2. The molecule has 22 nitrogen and oxygen atoms in total. The Morgan fingerprint density at radius 1 is 1.00 bits per heavy atom. The first-order valence-electron chi connectivity index (χ1n) is 21.1. The van der Waals surface area contributed by atoms with Gasteiger partial charge in [-0.25, -0.2) is 19.4 Å². The van der Waals surface area contributed by atoms with E-state index in [4.69, 9.17) is 38.6 Å². The Kier molecular flexibility index (Phi) is 12.7. The van der Waals surface area contributed by atoms with Gasteiger partial charge in [-0.1, -0.05) is 19.0 Å². The Morgan fingerprint density at radius 3 is 2.47 bits per heavy atom. The van der Waals surface area contributed by atoms with Crippen molar-refractivity contribution in [3.8, 4) is 22.9 Å². The minimum Gasteiger partial charge on any atom is -0.461 e. The molecular weight excluding hydrogens is 867 g/mol. The van der Waals surface area contributed by atoms with Gasteiger partial charge in [0, 0.05) is 54.2 Å². The number of pyridine rings is 2. The van der Waals surface area contributed by atoms with Crippen LogP contribution in [0.5, 0.6) is 11.5 Å². The molecule has 3 aliphatic rings. The normalized spacial score (nSPS) is 21.9. The molecule has 0 radical (unpaired) electrons. The average Bonchev–Trinajstić information content (AvgIpc) is 3.92. The zero-order valence-corrected chi connectivity index (χ0v) is 36.2. The fraction of sp³-hybridized carbons (Fsp3) is 0.432. The van der Waals surface area contributed by atoms with Crippen molar-refractivity contribution >= 4 is 40.0 Å². The average molecular weight is 914 g/mol. The monoisotopic (exact) mass is 913 g/mol. The molecule has 1 fully saturated rings. The quantitative estimate of drug-likeness (QED) is 0.0481. The topological polar surface area (TPSA) is 302 Å². The van der Waals surface area contributed by atoms with Crippen molar-refractivity contribution in [3.63, 3.8) is 0 Å². The Balaban J connectivity index is 0.910. The molecule has 0 saturated carbocycles. The van der Waals surface area contributed by atoms with Crippen LogP contribution in [0, 0.1) is 0 Å². The van der Waals surface area contributed by atoms with Crippen molar-refractivity contribution in [2.24, 2.45) is 5.11 Å². The summed E-state index contributed by atoms with van der Waals surface area (Å²) in [5.41, 5.74) is 10.9. The fourth-order valence-electron chi connectivity index (χ4n) is 8.41. The van der Waals surface area contributed by atoms with Gasteiger partial charge in [-0.3, -0.25) is 4.79 Å². The number of nitrogens with zero attached hydrogens (tertiary/aromatic N) is 7. The van der Waals surface area contributed by atoms with E-state index < -0.39 is 61.1 Å². The lowest BCUT2D eigenvalue weighted by molar-refractivity contribution is -0.277. The van der Waals surface area contributed by atoms with E-state index in [9.17, 15) is 44.7 Å². The van der Waals surface area contributed by atoms with Gasteiger partial charge in [0.25, 0.3) is 5.56 Å². The van der Waals surface area contributed by atoms with Gasteiger partial charge in [-0.15, -0.1) is 0 Å². The number of amides is 2. The largest absolute Gasteiger partial charge is 0.461 e. The molecule has 0 aliphatic carbocycles. The summed E-state index contributed by atoms with van der Waals surface area (Å²) in [5.74, 6) is -0.225. The van der Waals surface area contributed by atoms with E-state index in [2.05, 4.69) is 10.0 Å². The van der Waals surface area contributed by atoms with Gasteiger partial charge in [0.1, 0.15) is 60.5 Å². The minimum absolute atomic E-state index is 0.0251. The highest BCUT2D eigenvalue weighted by atomic mass is 16.7. The number of ether oxygens (including phenoxy) is 5. The molecule has 3 aliphatic heterocycles. The number of aliphatic hydroxyl groups excluding tert-OH is 4. The number of hydrogen-bond acceptors (Lipinski definition) is 17. The number of aryl methyl sites for hydroxylation is 1. The zero-order chi connectivity index (χ0) is 47.2. The summed E-state index contributed by atoms with van der Waals surface area (Å²) < 4.78 is 35.3. The van der Waals surface area contributed by atoms with Crippen LogP contribution in [0.2, 0.25) is 0 Å². The van der Waals surface area contributed by atoms with E-state index >= 15 is 0 Å². The molecule has 1 saturated heterocycles. The molecule has 2 aromatic carbocycles. The highest BCUT2D eigenvalue weighted by Crippen LogP contribution is 2.41. The predicted octanol–water partition coefficient (Wildman–Crippen LogP) is 3.08. The Morgan fingerprint density at radius 2 is 1.76 bits per heavy atom. The number of likely N-dealkylation sites (N-methyl/N-ethyl adjacent to an activating group) is 2. The number of esters is 1. The molecule has 22 heteroatoms.